The van der Waals surface area contributed by atoms with Crippen molar-refractivity contribution in [1.29, 1.82) is 0 Å². The zero-order chi connectivity index (χ0) is 24.2. The van der Waals surface area contributed by atoms with Gasteiger partial charge in [0, 0.05) is 31.7 Å². The first kappa shape index (κ1) is 25.2. The molecule has 0 radical (unpaired) electrons. The van der Waals surface area contributed by atoms with E-state index in [9.17, 15) is 21.6 Å². The summed E-state index contributed by atoms with van der Waals surface area (Å²) in [7, 11) is -4.29. The summed E-state index contributed by atoms with van der Waals surface area (Å²) in [5.74, 6) is -0.266. The van der Waals surface area contributed by atoms with Crippen LogP contribution >= 0.6 is 0 Å². The number of benzene rings is 2. The van der Waals surface area contributed by atoms with Crippen molar-refractivity contribution < 1.29 is 26.4 Å². The van der Waals surface area contributed by atoms with E-state index >= 15 is 0 Å². The van der Waals surface area contributed by atoms with Gasteiger partial charge in [-0.1, -0.05) is 37.3 Å². The fourth-order valence-corrected chi connectivity index (χ4v) is 7.05. The summed E-state index contributed by atoms with van der Waals surface area (Å²) >= 11 is 0. The lowest BCUT2D eigenvalue weighted by atomic mass is 10.1. The van der Waals surface area contributed by atoms with Crippen LogP contribution in [0.5, 0.6) is 5.75 Å². The van der Waals surface area contributed by atoms with Gasteiger partial charge in [-0.2, -0.15) is 4.31 Å². The van der Waals surface area contributed by atoms with Gasteiger partial charge in [0.05, 0.1) is 18.6 Å². The molecule has 1 heterocycles. The lowest BCUT2D eigenvalue weighted by molar-refractivity contribution is 0.0696. The minimum atomic E-state index is -3.97. The van der Waals surface area contributed by atoms with E-state index in [0.717, 1.165) is 5.56 Å². The van der Waals surface area contributed by atoms with Gasteiger partial charge in [-0.3, -0.25) is 4.79 Å². The quantitative estimate of drug-likeness (QED) is 0.531. The third kappa shape index (κ3) is 5.74. The third-order valence-electron chi connectivity index (χ3n) is 5.72. The van der Waals surface area contributed by atoms with Crippen molar-refractivity contribution in [1.82, 2.24) is 9.21 Å². The van der Waals surface area contributed by atoms with Crippen molar-refractivity contribution in [3.8, 4) is 5.75 Å². The maximum atomic E-state index is 13.4. The molecule has 180 valence electrons. The molecule has 1 atom stereocenters. The number of carbonyl (C=O) groups excluding carboxylic acids is 1. The van der Waals surface area contributed by atoms with Crippen LogP contribution in [0.2, 0.25) is 0 Å². The van der Waals surface area contributed by atoms with Gasteiger partial charge in [0.2, 0.25) is 10.0 Å². The van der Waals surface area contributed by atoms with Gasteiger partial charge in [-0.15, -0.1) is 0 Å². The van der Waals surface area contributed by atoms with E-state index in [1.807, 2.05) is 37.3 Å². The Labute approximate surface area is 196 Å². The smallest absolute Gasteiger partial charge is 0.254 e. The number of methoxy groups -OCH3 is 1. The Bertz CT molecular complexity index is 1200. The average molecular weight is 495 g/mol. The lowest BCUT2D eigenvalue weighted by Gasteiger charge is -2.28. The second-order valence-electron chi connectivity index (χ2n) is 8.17. The van der Waals surface area contributed by atoms with E-state index in [1.54, 1.807) is 4.90 Å². The topological polar surface area (TPSA) is 101 Å². The Hall–Kier alpha value is -2.43. The van der Waals surface area contributed by atoms with Gasteiger partial charge in [0.15, 0.2) is 9.84 Å². The number of carbonyl (C=O) groups is 1. The Morgan fingerprint density at radius 3 is 2.42 bits per heavy atom. The molecule has 33 heavy (non-hydrogen) atoms. The van der Waals surface area contributed by atoms with E-state index in [4.69, 9.17) is 4.74 Å². The first-order valence-corrected chi connectivity index (χ1v) is 14.0. The van der Waals surface area contributed by atoms with Crippen LogP contribution in [0, 0.1) is 0 Å². The van der Waals surface area contributed by atoms with Crippen LogP contribution in [-0.4, -0.2) is 70.2 Å². The number of sulfone groups is 1. The van der Waals surface area contributed by atoms with Crippen LogP contribution in [0.25, 0.3) is 0 Å². The van der Waals surface area contributed by atoms with Gasteiger partial charge in [0.1, 0.15) is 10.6 Å². The summed E-state index contributed by atoms with van der Waals surface area (Å²) in [5.41, 5.74) is 1.01. The summed E-state index contributed by atoms with van der Waals surface area (Å²) in [6.07, 6.45) is 1.04. The number of sulfonamides is 1. The molecule has 1 amide bonds. The van der Waals surface area contributed by atoms with Crippen LogP contribution < -0.4 is 4.74 Å². The molecule has 0 aromatic heterocycles. The van der Waals surface area contributed by atoms with Crippen LogP contribution in [0.3, 0.4) is 0 Å². The molecule has 1 unspecified atom stereocenters. The van der Waals surface area contributed by atoms with E-state index in [-0.39, 0.29) is 40.2 Å². The lowest BCUT2D eigenvalue weighted by Crippen LogP contribution is -2.41. The van der Waals surface area contributed by atoms with E-state index in [0.29, 0.717) is 19.4 Å². The molecular weight excluding hydrogens is 464 g/mol. The molecule has 2 aromatic rings. The molecule has 2 aromatic carbocycles. The second kappa shape index (κ2) is 10.2. The summed E-state index contributed by atoms with van der Waals surface area (Å²) in [4.78, 5) is 14.8. The highest BCUT2D eigenvalue weighted by Crippen LogP contribution is 2.29. The van der Waals surface area contributed by atoms with Crippen molar-refractivity contribution in [2.45, 2.75) is 37.2 Å². The van der Waals surface area contributed by atoms with Gasteiger partial charge < -0.3 is 9.64 Å². The normalized spacial score (nSPS) is 17.8. The summed E-state index contributed by atoms with van der Waals surface area (Å²) in [5, 5.41) is 0. The number of hydrogen-bond acceptors (Lipinski definition) is 6. The van der Waals surface area contributed by atoms with Gasteiger partial charge in [0.25, 0.3) is 5.91 Å². The van der Waals surface area contributed by atoms with Crippen molar-refractivity contribution >= 4 is 25.8 Å². The Morgan fingerprint density at radius 2 is 1.85 bits per heavy atom. The molecule has 0 bridgehead atoms. The van der Waals surface area contributed by atoms with Gasteiger partial charge >= 0.3 is 0 Å². The minimum absolute atomic E-state index is 0.0533. The molecule has 10 heteroatoms. The maximum absolute atomic E-state index is 13.4. The highest BCUT2D eigenvalue weighted by atomic mass is 32.2. The van der Waals surface area contributed by atoms with E-state index in [2.05, 4.69) is 0 Å². The molecular formula is C23H30N2O6S2. The molecule has 1 aliphatic heterocycles. The van der Waals surface area contributed by atoms with Crippen LogP contribution in [0.15, 0.2) is 53.4 Å². The molecule has 0 aliphatic carbocycles. The Kier molecular flexibility index (Phi) is 7.81. The summed E-state index contributed by atoms with van der Waals surface area (Å²) in [6, 6.07) is 13.1. The fourth-order valence-electron chi connectivity index (χ4n) is 3.98. The van der Waals surface area contributed by atoms with Crippen molar-refractivity contribution in [2.75, 3.05) is 32.2 Å². The average Bonchev–Trinajstić information content (AvgIpc) is 3.16. The standard InChI is InChI=1S/C23H30N2O6S2/c1-4-13-25(20-12-14-32(27,28)17-20)23(26)19-10-11-21(31-3)22(15-19)33(29,30)24(2)16-18-8-6-5-7-9-18/h5-11,15,20H,4,12-14,16-17H2,1-3H3. The number of nitrogens with zero attached hydrogens (tertiary/aromatic N) is 2. The predicted molar refractivity (Wildman–Crippen MR) is 126 cm³/mol. The molecule has 0 saturated carbocycles. The highest BCUT2D eigenvalue weighted by molar-refractivity contribution is 7.91. The Balaban J connectivity index is 1.94. The molecule has 3 rings (SSSR count). The summed E-state index contributed by atoms with van der Waals surface area (Å²) in [6.45, 7) is 2.46. The SMILES string of the molecule is CCCN(C(=O)c1ccc(OC)c(S(=O)(=O)N(C)Cc2ccccc2)c1)C1CCS(=O)(=O)C1. The maximum Gasteiger partial charge on any atom is 0.254 e. The fraction of sp³-hybridized carbons (Fsp3) is 0.435. The first-order chi connectivity index (χ1) is 15.6. The van der Waals surface area contributed by atoms with Crippen molar-refractivity contribution in [2.24, 2.45) is 0 Å². The van der Waals surface area contributed by atoms with Crippen molar-refractivity contribution in [3.63, 3.8) is 0 Å². The predicted octanol–water partition coefficient (Wildman–Crippen LogP) is 2.56. The van der Waals surface area contributed by atoms with Crippen LogP contribution in [0.1, 0.15) is 35.7 Å². The monoisotopic (exact) mass is 494 g/mol. The van der Waals surface area contributed by atoms with Crippen LogP contribution in [0.4, 0.5) is 0 Å². The molecule has 1 saturated heterocycles. The zero-order valence-corrected chi connectivity index (χ0v) is 20.7. The summed E-state index contributed by atoms with van der Waals surface area (Å²) < 4.78 is 57.2. The van der Waals surface area contributed by atoms with Gasteiger partial charge in [-0.05, 0) is 36.6 Å². The number of rotatable bonds is 9. The first-order valence-electron chi connectivity index (χ1n) is 10.8. The van der Waals surface area contributed by atoms with E-state index < -0.39 is 25.9 Å². The Morgan fingerprint density at radius 1 is 1.15 bits per heavy atom. The van der Waals surface area contributed by atoms with Crippen molar-refractivity contribution in [3.05, 3.63) is 59.7 Å². The molecule has 0 spiro atoms. The van der Waals surface area contributed by atoms with Gasteiger partial charge in [-0.25, -0.2) is 16.8 Å². The third-order valence-corrected chi connectivity index (χ3v) is 9.30. The highest BCUT2D eigenvalue weighted by Gasteiger charge is 2.35. The molecule has 1 aliphatic rings. The zero-order valence-electron chi connectivity index (χ0n) is 19.1. The second-order valence-corrected chi connectivity index (χ2v) is 12.4. The largest absolute Gasteiger partial charge is 0.495 e. The molecule has 1 fully saturated rings. The molecule has 8 nitrogen and oxygen atoms in total. The number of hydrogen-bond donors (Lipinski definition) is 0. The number of ether oxygens (including phenoxy) is 1. The van der Waals surface area contributed by atoms with Crippen LogP contribution in [-0.2, 0) is 26.4 Å². The minimum Gasteiger partial charge on any atom is -0.495 e. The number of amides is 1. The van der Waals surface area contributed by atoms with E-state index in [1.165, 1.54) is 36.7 Å². The molecule has 0 N–H and O–H groups in total.